The first kappa shape index (κ1) is 9.38. The Morgan fingerprint density at radius 1 is 1.78 bits per heavy atom. The van der Waals surface area contributed by atoms with Crippen molar-refractivity contribution >= 4 is 24.0 Å². The van der Waals surface area contributed by atoms with Crippen molar-refractivity contribution in [1.82, 2.24) is 0 Å². The molecule has 56 valence electrons. The molecule has 0 amide bonds. The van der Waals surface area contributed by atoms with Gasteiger partial charge in [0.05, 0.1) is 6.61 Å². The van der Waals surface area contributed by atoms with Crippen molar-refractivity contribution in [2.45, 2.75) is 6.10 Å². The van der Waals surface area contributed by atoms with Gasteiger partial charge in [0.2, 0.25) is 0 Å². The van der Waals surface area contributed by atoms with Crippen molar-refractivity contribution < 1.29 is 18.1 Å². The zero-order chi connectivity index (χ0) is 7.28. The average Bonchev–Trinajstić information content (AvgIpc) is 1.82. The number of aliphatic hydroxyl groups is 1. The standard InChI is InChI=1S/C3H8O4S2/c4-1-3(2-8)7-9(5)6/h3-4,8H,1-2H2,(H,5,6). The minimum Gasteiger partial charge on any atom is -0.394 e. The molecule has 6 heteroatoms. The highest BCUT2D eigenvalue weighted by Gasteiger charge is 2.07. The van der Waals surface area contributed by atoms with E-state index in [1.807, 2.05) is 0 Å². The van der Waals surface area contributed by atoms with Crippen molar-refractivity contribution in [1.29, 1.82) is 0 Å². The molecule has 9 heavy (non-hydrogen) atoms. The summed E-state index contributed by atoms with van der Waals surface area (Å²) in [7, 11) is 0. The molecule has 2 unspecified atom stereocenters. The fourth-order valence-corrected chi connectivity index (χ4v) is 0.888. The minimum absolute atomic E-state index is 0.225. The quantitative estimate of drug-likeness (QED) is 0.392. The van der Waals surface area contributed by atoms with Crippen molar-refractivity contribution in [2.75, 3.05) is 12.4 Å². The molecule has 0 aromatic heterocycles. The third kappa shape index (κ3) is 4.86. The molecule has 0 fully saturated rings. The Morgan fingerprint density at radius 2 is 2.33 bits per heavy atom. The van der Waals surface area contributed by atoms with Gasteiger partial charge in [0.15, 0.2) is 0 Å². The van der Waals surface area contributed by atoms with Crippen LogP contribution in [0.25, 0.3) is 0 Å². The van der Waals surface area contributed by atoms with Crippen molar-refractivity contribution in [3.63, 3.8) is 0 Å². The van der Waals surface area contributed by atoms with Crippen LogP contribution < -0.4 is 0 Å². The van der Waals surface area contributed by atoms with Gasteiger partial charge < -0.3 is 5.11 Å². The lowest BCUT2D eigenvalue weighted by Crippen LogP contribution is -2.20. The predicted molar refractivity (Wildman–Crippen MR) is 36.6 cm³/mol. The van der Waals surface area contributed by atoms with Crippen LogP contribution in [0.4, 0.5) is 0 Å². The van der Waals surface area contributed by atoms with E-state index in [1.54, 1.807) is 0 Å². The summed E-state index contributed by atoms with van der Waals surface area (Å²) in [6.07, 6.45) is -0.654. The van der Waals surface area contributed by atoms with Crippen molar-refractivity contribution in [3.8, 4) is 0 Å². The van der Waals surface area contributed by atoms with Gasteiger partial charge >= 0.3 is 11.4 Å². The molecule has 0 aliphatic heterocycles. The molecule has 0 saturated heterocycles. The summed E-state index contributed by atoms with van der Waals surface area (Å²) in [4.78, 5) is 0. The Balaban J connectivity index is 3.43. The molecule has 0 bridgehead atoms. The van der Waals surface area contributed by atoms with Crippen LogP contribution in [0, 0.1) is 0 Å². The molecule has 0 radical (unpaired) electrons. The molecule has 0 aliphatic rings. The summed E-state index contributed by atoms with van der Waals surface area (Å²) in [6, 6.07) is 0. The van der Waals surface area contributed by atoms with Gasteiger partial charge in [0.25, 0.3) is 0 Å². The maximum atomic E-state index is 9.87. The Hall–Kier alpha value is 0.380. The number of aliphatic hydroxyl groups excluding tert-OH is 1. The summed E-state index contributed by atoms with van der Waals surface area (Å²) in [6.45, 7) is -0.296. The minimum atomic E-state index is -2.30. The van der Waals surface area contributed by atoms with Crippen LogP contribution in [0.5, 0.6) is 0 Å². The topological polar surface area (TPSA) is 66.8 Å². The Morgan fingerprint density at radius 3 is 2.44 bits per heavy atom. The maximum Gasteiger partial charge on any atom is 0.302 e. The van der Waals surface area contributed by atoms with Gasteiger partial charge in [-0.25, -0.2) is 0 Å². The zero-order valence-electron chi connectivity index (χ0n) is 4.56. The van der Waals surface area contributed by atoms with Crippen molar-refractivity contribution in [2.24, 2.45) is 0 Å². The van der Waals surface area contributed by atoms with E-state index in [1.165, 1.54) is 0 Å². The van der Waals surface area contributed by atoms with Gasteiger partial charge in [-0.1, -0.05) is 0 Å². The molecule has 0 aromatic carbocycles. The molecule has 0 spiro atoms. The third-order valence-electron chi connectivity index (χ3n) is 0.626. The van der Waals surface area contributed by atoms with Crippen LogP contribution in [0.1, 0.15) is 0 Å². The summed E-state index contributed by atoms with van der Waals surface area (Å²) in [5.74, 6) is 0.225. The van der Waals surface area contributed by atoms with Crippen LogP contribution in [-0.4, -0.2) is 32.3 Å². The summed E-state index contributed by atoms with van der Waals surface area (Å²) in [5, 5.41) is 8.36. The SMILES string of the molecule is O=S(O)OC(CO)CS. The van der Waals surface area contributed by atoms with Gasteiger partial charge in [-0.15, -0.1) is 0 Å². The van der Waals surface area contributed by atoms with Gasteiger partial charge in [0, 0.05) is 5.75 Å². The molecule has 0 aromatic rings. The average molecular weight is 172 g/mol. The first-order chi connectivity index (χ1) is 4.20. The largest absolute Gasteiger partial charge is 0.394 e. The van der Waals surface area contributed by atoms with E-state index in [-0.39, 0.29) is 12.4 Å². The van der Waals surface area contributed by atoms with Crippen LogP contribution in [0.15, 0.2) is 0 Å². The lowest BCUT2D eigenvalue weighted by atomic mass is 10.4. The predicted octanol–water partition coefficient (Wildman–Crippen LogP) is -0.570. The molecule has 0 aliphatic carbocycles. The molecule has 0 saturated carbocycles. The maximum absolute atomic E-state index is 9.87. The molecular weight excluding hydrogens is 164 g/mol. The van der Waals surface area contributed by atoms with E-state index in [0.717, 1.165) is 0 Å². The zero-order valence-corrected chi connectivity index (χ0v) is 6.27. The summed E-state index contributed by atoms with van der Waals surface area (Å²) < 4.78 is 22.2. The third-order valence-corrected chi connectivity index (χ3v) is 1.47. The molecular formula is C3H8O4S2. The lowest BCUT2D eigenvalue weighted by molar-refractivity contribution is 0.136. The number of rotatable bonds is 4. The van der Waals surface area contributed by atoms with E-state index in [0.29, 0.717) is 0 Å². The molecule has 2 atom stereocenters. The van der Waals surface area contributed by atoms with Crippen LogP contribution in [0.2, 0.25) is 0 Å². The molecule has 2 N–H and O–H groups in total. The fraction of sp³-hybridized carbons (Fsp3) is 1.00. The van der Waals surface area contributed by atoms with E-state index >= 15 is 0 Å². The Labute approximate surface area is 61.1 Å². The number of hydrogen-bond acceptors (Lipinski definition) is 4. The van der Waals surface area contributed by atoms with Crippen LogP contribution in [-0.2, 0) is 15.5 Å². The van der Waals surface area contributed by atoms with E-state index in [2.05, 4.69) is 16.8 Å². The van der Waals surface area contributed by atoms with Gasteiger partial charge in [-0.2, -0.15) is 16.8 Å². The fourth-order valence-electron chi connectivity index (χ4n) is 0.235. The molecule has 4 nitrogen and oxygen atoms in total. The van der Waals surface area contributed by atoms with E-state index in [9.17, 15) is 4.21 Å². The highest BCUT2D eigenvalue weighted by Crippen LogP contribution is 1.94. The number of hydrogen-bond donors (Lipinski definition) is 3. The van der Waals surface area contributed by atoms with Gasteiger partial charge in [0.1, 0.15) is 6.10 Å². The Kier molecular flexibility index (Phi) is 5.41. The number of thiol groups is 1. The second-order valence-corrected chi connectivity index (χ2v) is 2.29. The first-order valence-corrected chi connectivity index (χ1v) is 3.86. The van der Waals surface area contributed by atoms with E-state index < -0.39 is 17.5 Å². The molecule has 0 heterocycles. The molecule has 0 rings (SSSR count). The van der Waals surface area contributed by atoms with Crippen LogP contribution in [0.3, 0.4) is 0 Å². The highest BCUT2D eigenvalue weighted by atomic mass is 32.2. The second kappa shape index (κ2) is 5.19. The second-order valence-electron chi connectivity index (χ2n) is 1.30. The lowest BCUT2D eigenvalue weighted by Gasteiger charge is -2.06. The van der Waals surface area contributed by atoms with Gasteiger partial charge in [-0.3, -0.25) is 8.74 Å². The van der Waals surface area contributed by atoms with Crippen LogP contribution >= 0.6 is 12.6 Å². The summed E-state index contributed by atoms with van der Waals surface area (Å²) >= 11 is 1.44. The Bertz CT molecular complexity index is 91.8. The highest BCUT2D eigenvalue weighted by molar-refractivity contribution is 7.80. The van der Waals surface area contributed by atoms with E-state index in [4.69, 9.17) is 9.66 Å². The van der Waals surface area contributed by atoms with Crippen molar-refractivity contribution in [3.05, 3.63) is 0 Å². The van der Waals surface area contributed by atoms with Gasteiger partial charge in [-0.05, 0) is 0 Å². The smallest absolute Gasteiger partial charge is 0.302 e. The normalized spacial score (nSPS) is 17.2. The first-order valence-electron chi connectivity index (χ1n) is 2.20. The monoisotopic (exact) mass is 172 g/mol. The summed E-state index contributed by atoms with van der Waals surface area (Å²) in [5.41, 5.74) is 0.